The molecule has 2 rings (SSSR count). The van der Waals surface area contributed by atoms with E-state index in [1.807, 2.05) is 11.8 Å². The standard InChI is InChI=1S/C14H28N2S/c1-3-13-11-15-14(7-5-4-6-8-14)12-16(13)9-10-17-2/h13,15H,3-12H2,1-2H3. The van der Waals surface area contributed by atoms with E-state index in [2.05, 4.69) is 23.4 Å². The van der Waals surface area contributed by atoms with Gasteiger partial charge in [0, 0.05) is 37.0 Å². The highest BCUT2D eigenvalue weighted by atomic mass is 32.2. The fourth-order valence-electron chi connectivity index (χ4n) is 3.47. The summed E-state index contributed by atoms with van der Waals surface area (Å²) in [4.78, 5) is 2.76. The summed E-state index contributed by atoms with van der Waals surface area (Å²) >= 11 is 1.98. The van der Waals surface area contributed by atoms with Gasteiger partial charge in [0.25, 0.3) is 0 Å². The van der Waals surface area contributed by atoms with Crippen LogP contribution in [-0.4, -0.2) is 48.1 Å². The molecule has 1 N–H and O–H groups in total. The van der Waals surface area contributed by atoms with Crippen molar-refractivity contribution >= 4 is 11.8 Å². The van der Waals surface area contributed by atoms with E-state index >= 15 is 0 Å². The second kappa shape index (κ2) is 6.44. The highest BCUT2D eigenvalue weighted by Crippen LogP contribution is 2.32. The lowest BCUT2D eigenvalue weighted by Gasteiger charge is -2.49. The fraction of sp³-hybridized carbons (Fsp3) is 1.00. The van der Waals surface area contributed by atoms with Crippen LogP contribution < -0.4 is 5.32 Å². The zero-order valence-electron chi connectivity index (χ0n) is 11.5. The van der Waals surface area contributed by atoms with Crippen molar-refractivity contribution in [1.82, 2.24) is 10.2 Å². The van der Waals surface area contributed by atoms with Gasteiger partial charge in [-0.15, -0.1) is 0 Å². The van der Waals surface area contributed by atoms with Crippen LogP contribution in [0.5, 0.6) is 0 Å². The van der Waals surface area contributed by atoms with Gasteiger partial charge in [0.15, 0.2) is 0 Å². The van der Waals surface area contributed by atoms with Crippen molar-refractivity contribution < 1.29 is 0 Å². The van der Waals surface area contributed by atoms with Crippen LogP contribution in [-0.2, 0) is 0 Å². The van der Waals surface area contributed by atoms with Gasteiger partial charge in [0.05, 0.1) is 0 Å². The Hall–Kier alpha value is 0.270. The van der Waals surface area contributed by atoms with Gasteiger partial charge in [-0.1, -0.05) is 26.2 Å². The molecule has 1 saturated carbocycles. The zero-order chi connectivity index (χ0) is 12.1. The smallest absolute Gasteiger partial charge is 0.0309 e. The molecule has 2 aliphatic rings. The van der Waals surface area contributed by atoms with Gasteiger partial charge in [-0.25, -0.2) is 0 Å². The van der Waals surface area contributed by atoms with Gasteiger partial charge in [-0.05, 0) is 25.5 Å². The quantitative estimate of drug-likeness (QED) is 0.832. The molecule has 1 aliphatic heterocycles. The van der Waals surface area contributed by atoms with E-state index < -0.39 is 0 Å². The highest BCUT2D eigenvalue weighted by Gasteiger charge is 2.38. The summed E-state index contributed by atoms with van der Waals surface area (Å²) in [6.45, 7) is 6.12. The third-order valence-electron chi connectivity index (χ3n) is 4.60. The molecular weight excluding hydrogens is 228 g/mol. The van der Waals surface area contributed by atoms with Crippen molar-refractivity contribution in [3.8, 4) is 0 Å². The maximum atomic E-state index is 3.89. The molecule has 0 bridgehead atoms. The normalized spacial score (nSPS) is 29.6. The van der Waals surface area contributed by atoms with Crippen molar-refractivity contribution in [2.45, 2.75) is 57.0 Å². The molecule has 1 heterocycles. The molecule has 0 aromatic carbocycles. The van der Waals surface area contributed by atoms with E-state index in [1.165, 1.54) is 63.9 Å². The van der Waals surface area contributed by atoms with Gasteiger partial charge >= 0.3 is 0 Å². The average Bonchev–Trinajstić information content (AvgIpc) is 2.37. The minimum atomic E-state index is 0.475. The number of nitrogens with zero attached hydrogens (tertiary/aromatic N) is 1. The highest BCUT2D eigenvalue weighted by molar-refractivity contribution is 7.98. The minimum Gasteiger partial charge on any atom is -0.308 e. The molecule has 1 spiro atoms. The summed E-state index contributed by atoms with van der Waals surface area (Å²) in [6.07, 6.45) is 10.6. The molecule has 0 aromatic heterocycles. The van der Waals surface area contributed by atoms with Crippen LogP contribution in [0.4, 0.5) is 0 Å². The Morgan fingerprint density at radius 2 is 2.06 bits per heavy atom. The Kier molecular flexibility index (Phi) is 5.19. The lowest BCUT2D eigenvalue weighted by Crippen LogP contribution is -2.64. The van der Waals surface area contributed by atoms with Crippen LogP contribution in [0, 0.1) is 0 Å². The second-order valence-electron chi connectivity index (χ2n) is 5.75. The number of nitrogens with one attached hydrogen (secondary N) is 1. The fourth-order valence-corrected chi connectivity index (χ4v) is 3.89. The Labute approximate surface area is 111 Å². The molecular formula is C14H28N2S. The first kappa shape index (κ1) is 13.7. The van der Waals surface area contributed by atoms with Gasteiger partial charge < -0.3 is 5.32 Å². The topological polar surface area (TPSA) is 15.3 Å². The molecule has 2 nitrogen and oxygen atoms in total. The van der Waals surface area contributed by atoms with Crippen molar-refractivity contribution in [2.24, 2.45) is 0 Å². The molecule has 1 unspecified atom stereocenters. The summed E-state index contributed by atoms with van der Waals surface area (Å²) in [6, 6.07) is 0.773. The maximum Gasteiger partial charge on any atom is 0.0309 e. The summed E-state index contributed by atoms with van der Waals surface area (Å²) in [7, 11) is 0. The van der Waals surface area contributed by atoms with Crippen molar-refractivity contribution in [1.29, 1.82) is 0 Å². The largest absolute Gasteiger partial charge is 0.308 e. The molecule has 0 aromatic rings. The Bertz CT molecular complexity index is 226. The molecule has 1 aliphatic carbocycles. The van der Waals surface area contributed by atoms with E-state index in [0.29, 0.717) is 5.54 Å². The van der Waals surface area contributed by atoms with Crippen molar-refractivity contribution in [3.05, 3.63) is 0 Å². The predicted octanol–water partition coefficient (Wildman–Crippen LogP) is 2.74. The average molecular weight is 256 g/mol. The number of rotatable bonds is 4. The van der Waals surface area contributed by atoms with Crippen LogP contribution in [0.2, 0.25) is 0 Å². The summed E-state index contributed by atoms with van der Waals surface area (Å²) in [5, 5.41) is 3.89. The molecule has 17 heavy (non-hydrogen) atoms. The molecule has 1 atom stereocenters. The van der Waals surface area contributed by atoms with E-state index in [9.17, 15) is 0 Å². The van der Waals surface area contributed by atoms with Gasteiger partial charge in [0.1, 0.15) is 0 Å². The van der Waals surface area contributed by atoms with Crippen molar-refractivity contribution in [2.75, 3.05) is 31.6 Å². The third-order valence-corrected chi connectivity index (χ3v) is 5.19. The van der Waals surface area contributed by atoms with Crippen molar-refractivity contribution in [3.63, 3.8) is 0 Å². The zero-order valence-corrected chi connectivity index (χ0v) is 12.3. The number of hydrogen-bond donors (Lipinski definition) is 1. The summed E-state index contributed by atoms with van der Waals surface area (Å²) in [5.74, 6) is 1.28. The number of thioether (sulfide) groups is 1. The molecule has 100 valence electrons. The van der Waals surface area contributed by atoms with Crippen LogP contribution in [0.1, 0.15) is 45.4 Å². The molecule has 0 amide bonds. The second-order valence-corrected chi connectivity index (χ2v) is 6.73. The monoisotopic (exact) mass is 256 g/mol. The predicted molar refractivity (Wildman–Crippen MR) is 77.9 cm³/mol. The summed E-state index contributed by atoms with van der Waals surface area (Å²) in [5.41, 5.74) is 0.475. The van der Waals surface area contributed by atoms with Gasteiger partial charge in [0.2, 0.25) is 0 Å². The van der Waals surface area contributed by atoms with Crippen LogP contribution in [0.25, 0.3) is 0 Å². The Balaban J connectivity index is 1.95. The van der Waals surface area contributed by atoms with Crippen LogP contribution >= 0.6 is 11.8 Å². The van der Waals surface area contributed by atoms with Crippen LogP contribution in [0.15, 0.2) is 0 Å². The van der Waals surface area contributed by atoms with E-state index in [4.69, 9.17) is 0 Å². The minimum absolute atomic E-state index is 0.475. The van der Waals surface area contributed by atoms with E-state index in [0.717, 1.165) is 6.04 Å². The first-order valence-corrected chi connectivity index (χ1v) is 8.67. The SMILES string of the molecule is CCC1CNC2(CCCCC2)CN1CCSC. The molecule has 0 radical (unpaired) electrons. The van der Waals surface area contributed by atoms with Gasteiger partial charge in [-0.3, -0.25) is 4.90 Å². The molecule has 2 fully saturated rings. The lowest BCUT2D eigenvalue weighted by molar-refractivity contribution is 0.0590. The number of piperazine rings is 1. The molecule has 3 heteroatoms. The first-order chi connectivity index (χ1) is 8.29. The van der Waals surface area contributed by atoms with E-state index in [1.54, 1.807) is 0 Å². The first-order valence-electron chi connectivity index (χ1n) is 7.28. The third kappa shape index (κ3) is 3.39. The molecule has 1 saturated heterocycles. The number of hydrogen-bond acceptors (Lipinski definition) is 3. The Morgan fingerprint density at radius 3 is 2.71 bits per heavy atom. The summed E-state index contributed by atoms with van der Waals surface area (Å²) < 4.78 is 0. The lowest BCUT2D eigenvalue weighted by atomic mass is 9.79. The van der Waals surface area contributed by atoms with Crippen LogP contribution in [0.3, 0.4) is 0 Å². The van der Waals surface area contributed by atoms with E-state index in [-0.39, 0.29) is 0 Å². The van der Waals surface area contributed by atoms with Gasteiger partial charge in [-0.2, -0.15) is 11.8 Å². The maximum absolute atomic E-state index is 3.89. The Morgan fingerprint density at radius 1 is 1.29 bits per heavy atom.